The van der Waals surface area contributed by atoms with Gasteiger partial charge in [-0.25, -0.2) is 4.39 Å². The van der Waals surface area contributed by atoms with Crippen LogP contribution in [0.15, 0.2) is 24.3 Å². The zero-order chi connectivity index (χ0) is 13.2. The van der Waals surface area contributed by atoms with Crippen molar-refractivity contribution in [3.05, 3.63) is 35.6 Å². The van der Waals surface area contributed by atoms with Gasteiger partial charge in [-0.1, -0.05) is 12.1 Å². The third kappa shape index (κ3) is 2.62. The fraction of sp³-hybridized carbons (Fsp3) is 0.500. The summed E-state index contributed by atoms with van der Waals surface area (Å²) >= 11 is 1.90. The second kappa shape index (κ2) is 5.51. The van der Waals surface area contributed by atoms with Crippen LogP contribution in [0.2, 0.25) is 0 Å². The Kier molecular flexibility index (Phi) is 3.75. The number of nitrogens with zero attached hydrogens (tertiary/aromatic N) is 1. The van der Waals surface area contributed by atoms with Gasteiger partial charge >= 0.3 is 0 Å². The third-order valence-electron chi connectivity index (χ3n) is 3.71. The van der Waals surface area contributed by atoms with Gasteiger partial charge in [-0.2, -0.15) is 11.8 Å². The highest BCUT2D eigenvalue weighted by atomic mass is 32.2. The molecule has 0 spiro atoms. The van der Waals surface area contributed by atoms with Crippen LogP contribution in [0, 0.1) is 5.82 Å². The van der Waals surface area contributed by atoms with Crippen LogP contribution in [0.25, 0.3) is 0 Å². The highest BCUT2D eigenvalue weighted by Crippen LogP contribution is 2.31. The minimum absolute atomic E-state index is 0.127. The van der Waals surface area contributed by atoms with E-state index in [2.05, 4.69) is 5.32 Å². The summed E-state index contributed by atoms with van der Waals surface area (Å²) in [6.45, 7) is 0.350. The van der Waals surface area contributed by atoms with Gasteiger partial charge < -0.3 is 4.90 Å². The molecule has 2 heterocycles. The molecule has 2 unspecified atom stereocenters. The SMILES string of the molecule is O=C1CNC(c2cccc(F)c2)N1C1CCCSC1. The number of rotatable bonds is 2. The van der Waals surface area contributed by atoms with E-state index < -0.39 is 0 Å². The van der Waals surface area contributed by atoms with Crippen molar-refractivity contribution in [1.29, 1.82) is 0 Å². The molecule has 1 amide bonds. The lowest BCUT2D eigenvalue weighted by molar-refractivity contribution is -0.130. The molecule has 2 fully saturated rings. The Hall–Kier alpha value is -1.07. The molecule has 0 radical (unpaired) electrons. The van der Waals surface area contributed by atoms with Gasteiger partial charge in [-0.05, 0) is 36.3 Å². The maximum atomic E-state index is 13.4. The molecule has 2 atom stereocenters. The van der Waals surface area contributed by atoms with Crippen molar-refractivity contribution in [3.63, 3.8) is 0 Å². The van der Waals surface area contributed by atoms with E-state index in [4.69, 9.17) is 0 Å². The summed E-state index contributed by atoms with van der Waals surface area (Å²) in [5, 5.41) is 3.20. The van der Waals surface area contributed by atoms with Crippen LogP contribution in [0.3, 0.4) is 0 Å². The monoisotopic (exact) mass is 280 g/mol. The molecule has 1 aromatic rings. The fourth-order valence-corrected chi connectivity index (χ4v) is 3.97. The van der Waals surface area contributed by atoms with Gasteiger partial charge in [0, 0.05) is 11.8 Å². The van der Waals surface area contributed by atoms with Crippen molar-refractivity contribution in [2.24, 2.45) is 0 Å². The number of hydrogen-bond donors (Lipinski definition) is 1. The number of benzene rings is 1. The Balaban J connectivity index is 1.85. The van der Waals surface area contributed by atoms with Gasteiger partial charge in [-0.3, -0.25) is 10.1 Å². The summed E-state index contributed by atoms with van der Waals surface area (Å²) in [6, 6.07) is 6.79. The molecule has 102 valence electrons. The zero-order valence-corrected chi connectivity index (χ0v) is 11.5. The van der Waals surface area contributed by atoms with E-state index in [0.717, 1.165) is 24.2 Å². The minimum Gasteiger partial charge on any atom is -0.318 e. The first-order chi connectivity index (χ1) is 9.25. The summed E-state index contributed by atoms with van der Waals surface area (Å²) in [5.41, 5.74) is 0.835. The largest absolute Gasteiger partial charge is 0.318 e. The van der Waals surface area contributed by atoms with E-state index in [9.17, 15) is 9.18 Å². The van der Waals surface area contributed by atoms with E-state index in [1.54, 1.807) is 6.07 Å². The van der Waals surface area contributed by atoms with Crippen molar-refractivity contribution >= 4 is 17.7 Å². The number of nitrogens with one attached hydrogen (secondary N) is 1. The van der Waals surface area contributed by atoms with Crippen LogP contribution in [0.1, 0.15) is 24.6 Å². The van der Waals surface area contributed by atoms with Crippen molar-refractivity contribution < 1.29 is 9.18 Å². The standard InChI is InChI=1S/C14H17FN2OS/c15-11-4-1-3-10(7-11)14-16-8-13(18)17(14)12-5-2-6-19-9-12/h1,3-4,7,12,14,16H,2,5-6,8-9H2. The van der Waals surface area contributed by atoms with Crippen LogP contribution >= 0.6 is 11.8 Å². The molecular formula is C14H17FN2OS. The number of amides is 1. The van der Waals surface area contributed by atoms with E-state index in [1.807, 2.05) is 22.7 Å². The number of carbonyl (C=O) groups is 1. The highest BCUT2D eigenvalue weighted by molar-refractivity contribution is 7.99. The molecule has 0 bridgehead atoms. The van der Waals surface area contributed by atoms with E-state index in [-0.39, 0.29) is 23.9 Å². The Morgan fingerprint density at radius 1 is 1.42 bits per heavy atom. The maximum Gasteiger partial charge on any atom is 0.238 e. The Labute approximate surface area is 116 Å². The second-order valence-electron chi connectivity index (χ2n) is 5.01. The lowest BCUT2D eigenvalue weighted by atomic mass is 10.1. The molecule has 1 aromatic carbocycles. The van der Waals surface area contributed by atoms with Gasteiger partial charge in [0.25, 0.3) is 0 Å². The molecule has 2 aliphatic heterocycles. The molecule has 5 heteroatoms. The van der Waals surface area contributed by atoms with E-state index in [1.165, 1.54) is 17.9 Å². The molecular weight excluding hydrogens is 263 g/mol. The molecule has 2 aliphatic rings. The molecule has 0 saturated carbocycles. The topological polar surface area (TPSA) is 32.3 Å². The molecule has 3 nitrogen and oxygen atoms in total. The van der Waals surface area contributed by atoms with E-state index in [0.29, 0.717) is 6.54 Å². The van der Waals surface area contributed by atoms with Gasteiger partial charge in [0.1, 0.15) is 12.0 Å². The Bertz CT molecular complexity index is 476. The van der Waals surface area contributed by atoms with Gasteiger partial charge in [0.2, 0.25) is 5.91 Å². The molecule has 3 rings (SSSR count). The minimum atomic E-state index is -0.253. The number of hydrogen-bond acceptors (Lipinski definition) is 3. The maximum absolute atomic E-state index is 13.4. The quantitative estimate of drug-likeness (QED) is 0.901. The summed E-state index contributed by atoms with van der Waals surface area (Å²) in [6.07, 6.45) is 2.02. The first-order valence-corrected chi connectivity index (χ1v) is 7.79. The number of thioether (sulfide) groups is 1. The first-order valence-electron chi connectivity index (χ1n) is 6.63. The zero-order valence-electron chi connectivity index (χ0n) is 10.6. The second-order valence-corrected chi connectivity index (χ2v) is 6.16. The summed E-state index contributed by atoms with van der Waals surface area (Å²) in [7, 11) is 0. The molecule has 0 aliphatic carbocycles. The van der Waals surface area contributed by atoms with Crippen LogP contribution in [-0.2, 0) is 4.79 Å². The average molecular weight is 280 g/mol. The smallest absolute Gasteiger partial charge is 0.238 e. The normalized spacial score (nSPS) is 27.8. The summed E-state index contributed by atoms with van der Waals surface area (Å²) in [4.78, 5) is 14.0. The van der Waals surface area contributed by atoms with Crippen LogP contribution in [0.5, 0.6) is 0 Å². The first kappa shape index (κ1) is 12.9. The predicted molar refractivity (Wildman–Crippen MR) is 74.3 cm³/mol. The van der Waals surface area contributed by atoms with Crippen molar-refractivity contribution in [2.75, 3.05) is 18.1 Å². The number of carbonyl (C=O) groups excluding carboxylic acids is 1. The highest BCUT2D eigenvalue weighted by Gasteiger charge is 2.37. The van der Waals surface area contributed by atoms with E-state index >= 15 is 0 Å². The summed E-state index contributed by atoms with van der Waals surface area (Å²) in [5.74, 6) is 2.04. The predicted octanol–water partition coefficient (Wildman–Crippen LogP) is 2.15. The van der Waals surface area contributed by atoms with Crippen molar-refractivity contribution in [3.8, 4) is 0 Å². The molecule has 1 N–H and O–H groups in total. The van der Waals surface area contributed by atoms with Crippen molar-refractivity contribution in [1.82, 2.24) is 10.2 Å². The lowest BCUT2D eigenvalue weighted by Gasteiger charge is -2.35. The Morgan fingerprint density at radius 3 is 3.05 bits per heavy atom. The molecule has 19 heavy (non-hydrogen) atoms. The van der Waals surface area contributed by atoms with Gasteiger partial charge in [0.15, 0.2) is 0 Å². The van der Waals surface area contributed by atoms with Crippen molar-refractivity contribution in [2.45, 2.75) is 25.0 Å². The fourth-order valence-electron chi connectivity index (χ4n) is 2.83. The Morgan fingerprint density at radius 2 is 2.32 bits per heavy atom. The summed E-state index contributed by atoms with van der Waals surface area (Å²) < 4.78 is 13.4. The molecule has 0 aromatic heterocycles. The lowest BCUT2D eigenvalue weighted by Crippen LogP contribution is -2.42. The number of halogens is 1. The third-order valence-corrected chi connectivity index (χ3v) is 4.90. The van der Waals surface area contributed by atoms with Crippen LogP contribution in [-0.4, -0.2) is 34.9 Å². The van der Waals surface area contributed by atoms with Crippen LogP contribution in [0.4, 0.5) is 4.39 Å². The van der Waals surface area contributed by atoms with Crippen LogP contribution < -0.4 is 5.32 Å². The molecule has 2 saturated heterocycles. The van der Waals surface area contributed by atoms with Gasteiger partial charge in [-0.15, -0.1) is 0 Å². The van der Waals surface area contributed by atoms with Gasteiger partial charge in [0.05, 0.1) is 6.54 Å². The average Bonchev–Trinajstić information content (AvgIpc) is 2.82.